The van der Waals surface area contributed by atoms with Crippen molar-refractivity contribution in [1.29, 1.82) is 0 Å². The molecule has 1 N–H and O–H groups in total. The number of carbonyl (C=O) groups excluding carboxylic acids is 1. The Hall–Kier alpha value is -2.29. The minimum Gasteiger partial charge on any atom is -0.470 e. The third kappa shape index (κ3) is 8.75. The Balaban J connectivity index is 2.33. The van der Waals surface area contributed by atoms with Gasteiger partial charge in [-0.05, 0) is 90.1 Å². The maximum absolute atomic E-state index is 12.8. The molecule has 0 saturated heterocycles. The first kappa shape index (κ1) is 37.2. The number of ether oxygens (including phenoxy) is 2. The molecule has 2 radical (unpaired) electrons. The van der Waals surface area contributed by atoms with Crippen molar-refractivity contribution in [1.82, 2.24) is 19.5 Å². The fourth-order valence-electron chi connectivity index (χ4n) is 6.04. The van der Waals surface area contributed by atoms with E-state index in [9.17, 15) is 4.79 Å². The van der Waals surface area contributed by atoms with E-state index in [1.807, 2.05) is 25.3 Å². The number of carbonyl (C=O) groups is 1. The van der Waals surface area contributed by atoms with Crippen molar-refractivity contribution in [2.24, 2.45) is 22.7 Å². The topological polar surface area (TPSA) is 110 Å². The number of fused-ring (bicyclic) bond motifs is 1. The van der Waals surface area contributed by atoms with Gasteiger partial charge < -0.3 is 18.3 Å². The van der Waals surface area contributed by atoms with Crippen molar-refractivity contribution in [2.45, 2.75) is 139 Å². The van der Waals surface area contributed by atoms with E-state index >= 15 is 0 Å². The first-order chi connectivity index (χ1) is 20.2. The predicted octanol–water partition coefficient (Wildman–Crippen LogP) is 8.19. The quantitative estimate of drug-likeness (QED) is 0.223. The van der Waals surface area contributed by atoms with Crippen LogP contribution < -0.4 is 10.1 Å². The van der Waals surface area contributed by atoms with Crippen molar-refractivity contribution in [3.05, 3.63) is 18.5 Å². The molecule has 1 aliphatic carbocycles. The van der Waals surface area contributed by atoms with Crippen LogP contribution in [0.5, 0.6) is 5.88 Å². The van der Waals surface area contributed by atoms with Gasteiger partial charge in [0.25, 0.3) is 0 Å². The van der Waals surface area contributed by atoms with Crippen LogP contribution in [-0.2, 0) is 19.3 Å². The van der Waals surface area contributed by atoms with Crippen molar-refractivity contribution in [3.63, 3.8) is 0 Å². The molecule has 2 heterocycles. The van der Waals surface area contributed by atoms with Gasteiger partial charge in [-0.1, -0.05) is 48.1 Å². The van der Waals surface area contributed by atoms with Gasteiger partial charge in [0.15, 0.2) is 16.9 Å². The zero-order chi connectivity index (χ0) is 34.5. The molecule has 0 spiro atoms. The molecule has 2 aromatic heterocycles. The summed E-state index contributed by atoms with van der Waals surface area (Å²) >= 11 is 0. The Bertz CT molecular complexity index is 1380. The van der Waals surface area contributed by atoms with Gasteiger partial charge in [-0.3, -0.25) is 9.88 Å². The Kier molecular flexibility index (Phi) is 10.5. The summed E-state index contributed by atoms with van der Waals surface area (Å²) < 4.78 is 27.7. The lowest BCUT2D eigenvalue weighted by atomic mass is 9.68. The molecular formula is C33H57N5O5Si2. The van der Waals surface area contributed by atoms with Gasteiger partial charge in [0.1, 0.15) is 11.2 Å². The van der Waals surface area contributed by atoms with Gasteiger partial charge in [-0.15, -0.1) is 0 Å². The van der Waals surface area contributed by atoms with Crippen LogP contribution in [-0.4, -0.2) is 61.0 Å². The summed E-state index contributed by atoms with van der Waals surface area (Å²) in [5.41, 5.74) is -0.534. The molecule has 0 aliphatic heterocycles. The van der Waals surface area contributed by atoms with Gasteiger partial charge in [-0.2, -0.15) is 9.97 Å². The normalized spacial score (nSPS) is 22.4. The number of nitrogens with one attached hydrogen (secondary N) is 1. The Morgan fingerprint density at radius 2 is 1.58 bits per heavy atom. The maximum atomic E-state index is 12.8. The maximum Gasteiger partial charge on any atom is 0.414 e. The monoisotopic (exact) mass is 659 g/mol. The molecule has 3 rings (SSSR count). The summed E-state index contributed by atoms with van der Waals surface area (Å²) in [5.74, 6) is 0.508. The Morgan fingerprint density at radius 3 is 2.04 bits per heavy atom. The summed E-state index contributed by atoms with van der Waals surface area (Å²) in [6, 6.07) is 0. The largest absolute Gasteiger partial charge is 0.470 e. The second-order valence-corrected chi connectivity index (χ2v) is 20.9. The molecule has 10 nitrogen and oxygen atoms in total. The van der Waals surface area contributed by atoms with Crippen molar-refractivity contribution < 1.29 is 23.1 Å². The SMILES string of the molecule is C=C1[C@H](C(O[Si](C)C)C(C)(C)C)[C@@H](C(C)(C)C)C[C@@]1(O[Si](C)C)n1cnc2c(OC(C)(C)C)nc(NC(=O)OC(C)(C)C)nc21. The van der Waals surface area contributed by atoms with E-state index in [0.29, 0.717) is 17.6 Å². The van der Waals surface area contributed by atoms with E-state index in [-0.39, 0.29) is 40.6 Å². The highest BCUT2D eigenvalue weighted by Crippen LogP contribution is 2.58. The highest BCUT2D eigenvalue weighted by Gasteiger charge is 2.58. The first-order valence-electron chi connectivity index (χ1n) is 15.8. The second-order valence-electron chi connectivity index (χ2n) is 16.8. The fourth-order valence-corrected chi connectivity index (χ4v) is 8.03. The van der Waals surface area contributed by atoms with Crippen molar-refractivity contribution in [2.75, 3.05) is 5.32 Å². The molecule has 0 aromatic carbocycles. The molecule has 1 fully saturated rings. The summed E-state index contributed by atoms with van der Waals surface area (Å²) in [6.45, 7) is 38.3. The average Bonchev–Trinajstić information content (AvgIpc) is 3.34. The van der Waals surface area contributed by atoms with Crippen molar-refractivity contribution >= 4 is 41.3 Å². The fraction of sp³-hybridized carbons (Fsp3) is 0.758. The molecule has 1 aliphatic rings. The number of hydrogen-bond acceptors (Lipinski definition) is 8. The third-order valence-corrected chi connectivity index (χ3v) is 9.10. The molecule has 2 aromatic rings. The van der Waals surface area contributed by atoms with E-state index in [1.165, 1.54) is 0 Å². The number of imidazole rings is 1. The molecule has 1 amide bonds. The number of aromatic nitrogens is 4. The highest BCUT2D eigenvalue weighted by atomic mass is 28.3. The average molecular weight is 660 g/mol. The zero-order valence-corrected chi connectivity index (χ0v) is 32.6. The van der Waals surface area contributed by atoms with Gasteiger partial charge in [0.05, 0.1) is 12.4 Å². The van der Waals surface area contributed by atoms with Crippen LogP contribution in [0.3, 0.4) is 0 Å². The van der Waals surface area contributed by atoms with Gasteiger partial charge >= 0.3 is 6.09 Å². The number of hydrogen-bond donors (Lipinski definition) is 1. The molecule has 1 unspecified atom stereocenters. The van der Waals surface area contributed by atoms with Crippen LogP contribution in [0, 0.1) is 22.7 Å². The van der Waals surface area contributed by atoms with E-state index in [2.05, 4.69) is 78.0 Å². The standard InChI is InChI=1S/C33H57N5O5Si2/c1-20-22(24(30(5,6)7)42-44(14)15)21(29(2,3)4)18-33(20,43-45(16)17)38-19-34-23-25(38)35-27(36-26(23)40-31(8,9)10)37-28(39)41-32(11,12)13/h19,21-22,24H,1,18H2,2-17H3,(H,35,36,37,39)/t21-,22-,24?,33-/m0/s1. The first-order valence-corrected chi connectivity index (χ1v) is 20.7. The molecule has 45 heavy (non-hydrogen) atoms. The highest BCUT2D eigenvalue weighted by molar-refractivity contribution is 6.48. The Morgan fingerprint density at radius 1 is 0.978 bits per heavy atom. The smallest absolute Gasteiger partial charge is 0.414 e. The Labute approximate surface area is 274 Å². The van der Waals surface area contributed by atoms with Gasteiger partial charge in [-0.25, -0.2) is 9.78 Å². The van der Waals surface area contributed by atoms with Gasteiger partial charge in [0.2, 0.25) is 29.9 Å². The van der Waals surface area contributed by atoms with Crippen LogP contribution in [0.25, 0.3) is 11.2 Å². The number of nitrogens with zero attached hydrogens (tertiary/aromatic N) is 4. The molecule has 252 valence electrons. The van der Waals surface area contributed by atoms with E-state index in [0.717, 1.165) is 5.57 Å². The lowest BCUT2D eigenvalue weighted by Gasteiger charge is -2.43. The number of amides is 1. The van der Waals surface area contributed by atoms with E-state index in [4.69, 9.17) is 34.9 Å². The predicted molar refractivity (Wildman–Crippen MR) is 184 cm³/mol. The van der Waals surface area contributed by atoms with Crippen LogP contribution in [0.4, 0.5) is 10.7 Å². The molecule has 4 atom stereocenters. The third-order valence-electron chi connectivity index (χ3n) is 7.63. The lowest BCUT2D eigenvalue weighted by molar-refractivity contribution is 0.00573. The van der Waals surface area contributed by atoms with Crippen LogP contribution in [0.1, 0.15) is 89.5 Å². The van der Waals surface area contributed by atoms with E-state index in [1.54, 1.807) is 27.1 Å². The van der Waals surface area contributed by atoms with E-state index < -0.39 is 41.1 Å². The second kappa shape index (κ2) is 12.7. The summed E-state index contributed by atoms with van der Waals surface area (Å²) in [7, 11) is -2.30. The minimum absolute atomic E-state index is 0.00944. The van der Waals surface area contributed by atoms with Crippen LogP contribution in [0.2, 0.25) is 26.2 Å². The molecule has 0 bridgehead atoms. The van der Waals surface area contributed by atoms with Crippen LogP contribution in [0.15, 0.2) is 18.5 Å². The minimum atomic E-state index is -1.27. The number of anilines is 1. The summed E-state index contributed by atoms with van der Waals surface area (Å²) in [6.07, 6.45) is 1.70. The van der Waals surface area contributed by atoms with Crippen molar-refractivity contribution in [3.8, 4) is 5.88 Å². The summed E-state index contributed by atoms with van der Waals surface area (Å²) in [4.78, 5) is 27.0. The van der Waals surface area contributed by atoms with Gasteiger partial charge in [0, 0.05) is 12.3 Å². The summed E-state index contributed by atoms with van der Waals surface area (Å²) in [5, 5.41) is 2.71. The molecule has 1 saturated carbocycles. The lowest BCUT2D eigenvalue weighted by Crippen LogP contribution is -2.45. The molecule has 12 heteroatoms. The molecular weight excluding hydrogens is 603 g/mol. The zero-order valence-electron chi connectivity index (χ0n) is 30.6. The van der Waals surface area contributed by atoms with Crippen LogP contribution >= 0.6 is 0 Å². The number of rotatable bonds is 8.